The van der Waals surface area contributed by atoms with E-state index in [4.69, 9.17) is 0 Å². The van der Waals surface area contributed by atoms with Crippen LogP contribution in [0, 0.1) is 6.92 Å². The van der Waals surface area contributed by atoms with Gasteiger partial charge < -0.3 is 20.4 Å². The summed E-state index contributed by atoms with van der Waals surface area (Å²) < 4.78 is 0. The minimum absolute atomic E-state index is 0.00366. The molecule has 0 aliphatic carbocycles. The minimum atomic E-state index is -0.613. The molecule has 1 atom stereocenters. The number of carbonyl (C=O) groups is 2. The number of carbonyl (C=O) groups excluding carboxylic acids is 2. The summed E-state index contributed by atoms with van der Waals surface area (Å²) in [5.74, 6) is -1.19. The van der Waals surface area contributed by atoms with Crippen LogP contribution in [0.3, 0.4) is 0 Å². The molecule has 6 nitrogen and oxygen atoms in total. The second-order valence-electron chi connectivity index (χ2n) is 6.91. The third-order valence-corrected chi connectivity index (χ3v) is 4.63. The van der Waals surface area contributed by atoms with E-state index in [0.29, 0.717) is 5.69 Å². The van der Waals surface area contributed by atoms with Gasteiger partial charge in [0, 0.05) is 43.6 Å². The van der Waals surface area contributed by atoms with Crippen LogP contribution in [0.4, 0.5) is 11.4 Å². The second-order valence-corrected chi connectivity index (χ2v) is 6.91. The van der Waals surface area contributed by atoms with Gasteiger partial charge in [-0.3, -0.25) is 9.59 Å². The highest BCUT2D eigenvalue weighted by molar-refractivity contribution is 6.39. The first-order valence-electron chi connectivity index (χ1n) is 9.06. The number of anilines is 2. The van der Waals surface area contributed by atoms with Crippen molar-refractivity contribution in [2.45, 2.75) is 39.7 Å². The quantitative estimate of drug-likeness (QED) is 0.801. The van der Waals surface area contributed by atoms with Gasteiger partial charge in [-0.25, -0.2) is 0 Å². The van der Waals surface area contributed by atoms with E-state index in [0.717, 1.165) is 50.3 Å². The Morgan fingerprint density at radius 3 is 2.44 bits per heavy atom. The van der Waals surface area contributed by atoms with Gasteiger partial charge in [0.05, 0.1) is 0 Å². The summed E-state index contributed by atoms with van der Waals surface area (Å²) in [6.07, 6.45) is 1.83. The molecule has 138 valence electrons. The number of hydrogen-bond acceptors (Lipinski definition) is 4. The Morgan fingerprint density at radius 2 is 1.84 bits per heavy atom. The van der Waals surface area contributed by atoms with Crippen molar-refractivity contribution >= 4 is 23.2 Å². The van der Waals surface area contributed by atoms with Gasteiger partial charge in [0.1, 0.15) is 0 Å². The maximum atomic E-state index is 12.1. The van der Waals surface area contributed by atoms with Crippen LogP contribution in [0.25, 0.3) is 0 Å². The molecule has 1 aliphatic heterocycles. The Bertz CT molecular complexity index is 609. The Balaban J connectivity index is 1.96. The third kappa shape index (κ3) is 5.46. The molecule has 2 N–H and O–H groups in total. The summed E-state index contributed by atoms with van der Waals surface area (Å²) in [7, 11) is 2.13. The lowest BCUT2D eigenvalue weighted by Crippen LogP contribution is -2.44. The van der Waals surface area contributed by atoms with Crippen molar-refractivity contribution in [2.75, 3.05) is 43.4 Å². The number of aryl methyl sites for hydroxylation is 1. The number of piperazine rings is 1. The lowest BCUT2D eigenvalue weighted by molar-refractivity contribution is -0.136. The molecule has 1 aromatic carbocycles. The van der Waals surface area contributed by atoms with Gasteiger partial charge >= 0.3 is 11.8 Å². The Hall–Kier alpha value is -2.08. The van der Waals surface area contributed by atoms with Gasteiger partial charge in [-0.1, -0.05) is 13.3 Å². The van der Waals surface area contributed by atoms with Crippen LogP contribution >= 0.6 is 0 Å². The van der Waals surface area contributed by atoms with Crippen LogP contribution < -0.4 is 15.5 Å². The van der Waals surface area contributed by atoms with E-state index in [1.54, 1.807) is 0 Å². The van der Waals surface area contributed by atoms with Crippen LogP contribution in [0.1, 0.15) is 32.3 Å². The fraction of sp³-hybridized carbons (Fsp3) is 0.579. The predicted molar refractivity (Wildman–Crippen MR) is 102 cm³/mol. The smallest absolute Gasteiger partial charge is 0.313 e. The van der Waals surface area contributed by atoms with E-state index in [-0.39, 0.29) is 6.04 Å². The monoisotopic (exact) mass is 346 g/mol. The topological polar surface area (TPSA) is 64.7 Å². The molecule has 1 saturated heterocycles. The zero-order valence-electron chi connectivity index (χ0n) is 15.8. The summed E-state index contributed by atoms with van der Waals surface area (Å²) >= 11 is 0. The van der Waals surface area contributed by atoms with E-state index >= 15 is 0 Å². The van der Waals surface area contributed by atoms with E-state index in [9.17, 15) is 9.59 Å². The van der Waals surface area contributed by atoms with Crippen molar-refractivity contribution in [3.63, 3.8) is 0 Å². The summed E-state index contributed by atoms with van der Waals surface area (Å²) in [5.41, 5.74) is 2.80. The molecule has 0 bridgehead atoms. The van der Waals surface area contributed by atoms with Crippen molar-refractivity contribution in [1.29, 1.82) is 0 Å². The van der Waals surface area contributed by atoms with E-state index in [1.165, 1.54) is 0 Å². The number of nitrogens with zero attached hydrogens (tertiary/aromatic N) is 2. The van der Waals surface area contributed by atoms with Crippen molar-refractivity contribution in [3.05, 3.63) is 23.8 Å². The molecule has 2 amide bonds. The molecule has 0 aromatic heterocycles. The average molecular weight is 346 g/mol. The standard InChI is InChI=1S/C19H30N4O2/c1-5-6-15(3)20-18(24)19(25)21-17-8-7-16(13-14(17)2)23-11-9-22(4)10-12-23/h7-8,13,15H,5-6,9-12H2,1-4H3,(H,20,24)(H,21,25)/t15-/m1/s1. The van der Waals surface area contributed by atoms with Gasteiger partial charge in [0.25, 0.3) is 0 Å². The van der Waals surface area contributed by atoms with Gasteiger partial charge in [0.15, 0.2) is 0 Å². The summed E-state index contributed by atoms with van der Waals surface area (Å²) in [6.45, 7) is 10.0. The van der Waals surface area contributed by atoms with E-state index < -0.39 is 11.8 Å². The fourth-order valence-corrected chi connectivity index (χ4v) is 3.02. The van der Waals surface area contributed by atoms with Crippen LogP contribution in [0.5, 0.6) is 0 Å². The van der Waals surface area contributed by atoms with Crippen molar-refractivity contribution in [2.24, 2.45) is 0 Å². The molecular formula is C19H30N4O2. The second kappa shape index (κ2) is 8.85. The molecule has 0 spiro atoms. The van der Waals surface area contributed by atoms with Crippen LogP contribution in [0.15, 0.2) is 18.2 Å². The van der Waals surface area contributed by atoms with Crippen molar-refractivity contribution < 1.29 is 9.59 Å². The Kier molecular flexibility index (Phi) is 6.82. The molecule has 1 aromatic rings. The van der Waals surface area contributed by atoms with E-state index in [2.05, 4.69) is 33.5 Å². The number of hydrogen-bond donors (Lipinski definition) is 2. The lowest BCUT2D eigenvalue weighted by atomic mass is 10.1. The molecule has 6 heteroatoms. The number of nitrogens with one attached hydrogen (secondary N) is 2. The highest BCUT2D eigenvalue weighted by atomic mass is 16.2. The van der Waals surface area contributed by atoms with Crippen LogP contribution in [-0.4, -0.2) is 56.0 Å². The predicted octanol–water partition coefficient (Wildman–Crippen LogP) is 1.99. The SMILES string of the molecule is CCC[C@@H](C)NC(=O)C(=O)Nc1ccc(N2CCN(C)CC2)cc1C. The normalized spacial score (nSPS) is 16.4. The molecule has 0 saturated carbocycles. The molecule has 0 unspecified atom stereocenters. The first kappa shape index (κ1) is 19.2. The summed E-state index contributed by atoms with van der Waals surface area (Å²) in [6, 6.07) is 5.96. The molecule has 1 heterocycles. The van der Waals surface area contributed by atoms with Gasteiger partial charge in [-0.05, 0) is 51.1 Å². The van der Waals surface area contributed by atoms with Crippen LogP contribution in [0.2, 0.25) is 0 Å². The Morgan fingerprint density at radius 1 is 1.16 bits per heavy atom. The number of amides is 2. The van der Waals surface area contributed by atoms with Crippen molar-refractivity contribution in [1.82, 2.24) is 10.2 Å². The molecule has 25 heavy (non-hydrogen) atoms. The summed E-state index contributed by atoms with van der Waals surface area (Å²) in [4.78, 5) is 28.7. The molecule has 1 aliphatic rings. The first-order valence-corrected chi connectivity index (χ1v) is 9.06. The molecular weight excluding hydrogens is 316 g/mol. The average Bonchev–Trinajstić information content (AvgIpc) is 2.57. The highest BCUT2D eigenvalue weighted by Crippen LogP contribution is 2.23. The maximum Gasteiger partial charge on any atom is 0.313 e. The molecule has 0 radical (unpaired) electrons. The van der Waals surface area contributed by atoms with Crippen LogP contribution in [-0.2, 0) is 9.59 Å². The Labute approximate surface area is 150 Å². The maximum absolute atomic E-state index is 12.1. The van der Waals surface area contributed by atoms with Gasteiger partial charge in [-0.15, -0.1) is 0 Å². The first-order chi connectivity index (χ1) is 11.9. The lowest BCUT2D eigenvalue weighted by Gasteiger charge is -2.34. The fourth-order valence-electron chi connectivity index (χ4n) is 3.02. The van der Waals surface area contributed by atoms with E-state index in [1.807, 2.05) is 32.9 Å². The summed E-state index contributed by atoms with van der Waals surface area (Å²) in [5, 5.41) is 5.44. The number of rotatable bonds is 5. The van der Waals surface area contributed by atoms with Crippen molar-refractivity contribution in [3.8, 4) is 0 Å². The van der Waals surface area contributed by atoms with Gasteiger partial charge in [-0.2, -0.15) is 0 Å². The number of likely N-dealkylation sites (N-methyl/N-ethyl adjacent to an activating group) is 1. The van der Waals surface area contributed by atoms with Gasteiger partial charge in [0.2, 0.25) is 0 Å². The third-order valence-electron chi connectivity index (χ3n) is 4.63. The minimum Gasteiger partial charge on any atom is -0.369 e. The highest BCUT2D eigenvalue weighted by Gasteiger charge is 2.18. The molecule has 2 rings (SSSR count). The zero-order chi connectivity index (χ0) is 18.4. The molecule has 1 fully saturated rings. The number of benzene rings is 1. The largest absolute Gasteiger partial charge is 0.369 e. The zero-order valence-corrected chi connectivity index (χ0v) is 15.8.